The van der Waals surface area contributed by atoms with Crippen molar-refractivity contribution < 1.29 is 76.3 Å². The summed E-state index contributed by atoms with van der Waals surface area (Å²) in [6.45, 7) is -2.35. The molecule has 0 aliphatic carbocycles. The van der Waals surface area contributed by atoms with E-state index in [0.717, 1.165) is 20.9 Å². The topological polar surface area (TPSA) is 295 Å². The molecule has 0 saturated carbocycles. The summed E-state index contributed by atoms with van der Waals surface area (Å²) in [5, 5.41) is 38.4. The first-order valence-corrected chi connectivity index (χ1v) is 28.0. The number of ether oxygens (including phenoxy) is 1. The lowest BCUT2D eigenvalue weighted by molar-refractivity contribution is -0.360. The average molecular weight is 1130 g/mol. The third kappa shape index (κ3) is 21.5. The standard InChI is InChI=1S/C58H76BF2N7O13/c1-40(69)22-32-51(57(78)79)66-58(80)65-50(56(76)77)19-11-13-35-63-53(72)21-10-3-2-7-18-47(71)37-42(55(74)75)15-6-4-8-16-46(70)17-9-5-12-34-64-54(73)39-81-48-30-24-41(25-31-48)23-26-43-27-28-44-38-45-29-33-52(49-20-14-36-62-49)68(45)59(60,61)67(43)44/h14,20,23-31,33,36,38,42,50-51,62H,2-13,15-19,21-22,32,34-35,37,39H2,1H3,(H,63,72)(H,64,73)(H,74,75)(H,76,77)(H,78,79)(H2,65,66,80)/b26-23-/t42?,50-,51-/m0/s1. The first kappa shape index (κ1) is 63.9. The molecule has 2 aliphatic heterocycles. The van der Waals surface area contributed by atoms with Crippen LogP contribution in [0.5, 0.6) is 5.75 Å². The van der Waals surface area contributed by atoms with Crippen LogP contribution in [0, 0.1) is 5.92 Å². The van der Waals surface area contributed by atoms with Gasteiger partial charge in [0.05, 0.1) is 5.92 Å². The lowest BCUT2D eigenvalue weighted by atomic mass is 9.90. The summed E-state index contributed by atoms with van der Waals surface area (Å²) in [6, 6.07) is 10.2. The number of hydrogen-bond acceptors (Lipinski definition) is 10. The summed E-state index contributed by atoms with van der Waals surface area (Å²) >= 11 is 0. The molecule has 0 radical (unpaired) electrons. The number of carbonyl (C=O) groups excluding carboxylic acids is 6. The summed E-state index contributed by atoms with van der Waals surface area (Å²) in [5.41, 5.74) is 2.96. The fourth-order valence-corrected chi connectivity index (χ4v) is 9.58. The number of aliphatic carboxylic acids is 3. The number of fused-ring (bicyclic) bond motifs is 2. The number of carboxylic acid groups (broad SMARTS) is 3. The van der Waals surface area contributed by atoms with Gasteiger partial charge in [0.25, 0.3) is 5.91 Å². The van der Waals surface area contributed by atoms with E-state index in [4.69, 9.17) is 4.74 Å². The van der Waals surface area contributed by atoms with E-state index >= 15 is 8.63 Å². The van der Waals surface area contributed by atoms with Gasteiger partial charge in [-0.25, -0.2) is 14.4 Å². The van der Waals surface area contributed by atoms with Gasteiger partial charge >= 0.3 is 30.9 Å². The minimum atomic E-state index is -4.18. The van der Waals surface area contributed by atoms with Gasteiger partial charge in [0.15, 0.2) is 18.0 Å². The summed E-state index contributed by atoms with van der Waals surface area (Å²) in [6.07, 6.45) is 19.0. The fourth-order valence-electron chi connectivity index (χ4n) is 9.58. The Balaban J connectivity index is 0.829. The number of Topliss-reactive ketones (excluding diaryl/α,β-unsaturated/α-hetero) is 3. The second kappa shape index (κ2) is 32.9. The molecule has 81 heavy (non-hydrogen) atoms. The number of nitrogens with zero attached hydrogens (tertiary/aromatic N) is 2. The molecule has 4 amide bonds. The van der Waals surface area contributed by atoms with Crippen LogP contribution >= 0.6 is 0 Å². The lowest BCUT2D eigenvalue weighted by Gasteiger charge is -2.30. The van der Waals surface area contributed by atoms with E-state index in [-0.39, 0.29) is 80.8 Å². The number of carboxylic acids is 3. The van der Waals surface area contributed by atoms with E-state index in [9.17, 15) is 58.5 Å². The molecule has 23 heteroatoms. The lowest BCUT2D eigenvalue weighted by Crippen LogP contribution is -2.51. The van der Waals surface area contributed by atoms with Crippen LogP contribution < -0.4 is 26.0 Å². The van der Waals surface area contributed by atoms with Gasteiger partial charge in [-0.15, -0.1) is 0 Å². The van der Waals surface area contributed by atoms with E-state index < -0.39 is 48.9 Å². The van der Waals surface area contributed by atoms with Crippen LogP contribution in [0.25, 0.3) is 18.2 Å². The Hall–Kier alpha value is -7.98. The third-order valence-corrected chi connectivity index (χ3v) is 14.0. The zero-order valence-corrected chi connectivity index (χ0v) is 45.9. The van der Waals surface area contributed by atoms with Crippen molar-refractivity contribution in [3.63, 3.8) is 0 Å². The van der Waals surface area contributed by atoms with Crippen LogP contribution in [0.3, 0.4) is 0 Å². The first-order chi connectivity index (χ1) is 38.8. The van der Waals surface area contributed by atoms with Crippen LogP contribution in [0.15, 0.2) is 72.6 Å². The molecular formula is C58H76BF2N7O13. The molecule has 438 valence electrons. The predicted molar refractivity (Wildman–Crippen MR) is 300 cm³/mol. The minimum Gasteiger partial charge on any atom is -0.484 e. The van der Waals surface area contributed by atoms with Gasteiger partial charge in [0, 0.05) is 87.4 Å². The molecule has 2 aliphatic rings. The number of halogens is 2. The van der Waals surface area contributed by atoms with Crippen LogP contribution in [-0.2, 0) is 38.4 Å². The van der Waals surface area contributed by atoms with E-state index in [1.807, 2.05) is 0 Å². The molecule has 0 spiro atoms. The van der Waals surface area contributed by atoms with E-state index in [1.165, 1.54) is 6.92 Å². The van der Waals surface area contributed by atoms with Crippen molar-refractivity contribution in [2.45, 2.75) is 154 Å². The van der Waals surface area contributed by atoms with Gasteiger partial charge in [-0.2, -0.15) is 0 Å². The highest BCUT2D eigenvalue weighted by atomic mass is 19.2. The van der Waals surface area contributed by atoms with Crippen molar-refractivity contribution in [3.8, 4) is 5.75 Å². The van der Waals surface area contributed by atoms with E-state index in [2.05, 4.69) is 26.3 Å². The van der Waals surface area contributed by atoms with Crippen LogP contribution in [0.2, 0.25) is 0 Å². The third-order valence-electron chi connectivity index (χ3n) is 14.0. The maximum Gasteiger partial charge on any atom is 0.737 e. The average Bonchev–Trinajstić information content (AvgIpc) is 4.29. The van der Waals surface area contributed by atoms with Gasteiger partial charge in [-0.3, -0.25) is 24.0 Å². The van der Waals surface area contributed by atoms with Crippen LogP contribution in [0.4, 0.5) is 13.4 Å². The molecule has 1 unspecified atom stereocenters. The Morgan fingerprint density at radius 1 is 0.654 bits per heavy atom. The number of urea groups is 1. The van der Waals surface area contributed by atoms with Crippen LogP contribution in [0.1, 0.15) is 164 Å². The number of unbranched alkanes of at least 4 members (excludes halogenated alkanes) is 8. The van der Waals surface area contributed by atoms with Crippen molar-refractivity contribution in [1.82, 2.24) is 30.7 Å². The number of amides is 4. The fraction of sp³-hybridized carbons (Fsp3) is 0.483. The Kier molecular flexibility index (Phi) is 26.0. The molecule has 20 nitrogen and oxygen atoms in total. The largest absolute Gasteiger partial charge is 0.737 e. The van der Waals surface area contributed by atoms with Crippen LogP contribution in [-0.4, -0.2) is 127 Å². The molecule has 8 N–H and O–H groups in total. The van der Waals surface area contributed by atoms with Gasteiger partial charge < -0.3 is 68.7 Å². The molecule has 0 fully saturated rings. The monoisotopic (exact) mass is 1130 g/mol. The SMILES string of the molecule is CC(=O)CC[C@H](NC(=O)N[C@@H](CCCCNC(=O)CCCCCCC(=O)CC(CCCCCC(=O)CCCCCNC(=O)COc1ccc(/C=C\c2ccc3n2[B-](F)(F)[N+]2=C(c4ccc[nH]4)C=CC2=C3)cc1)C(=O)O)C(=O)O)C(=O)O. The van der Waals surface area contributed by atoms with Gasteiger partial charge in [0.2, 0.25) is 5.91 Å². The Labute approximate surface area is 470 Å². The summed E-state index contributed by atoms with van der Waals surface area (Å²) in [7, 11) is 0. The molecule has 5 rings (SSSR count). The highest BCUT2D eigenvalue weighted by Crippen LogP contribution is 2.34. The zero-order chi connectivity index (χ0) is 58.7. The van der Waals surface area contributed by atoms with E-state index in [1.54, 1.807) is 85.1 Å². The Morgan fingerprint density at radius 3 is 1.90 bits per heavy atom. The molecule has 0 saturated heterocycles. The molecule has 1 aromatic carbocycles. The van der Waals surface area contributed by atoms with Gasteiger partial charge in [-0.05, 0) is 119 Å². The molecular weight excluding hydrogens is 1050 g/mol. The van der Waals surface area contributed by atoms with Crippen molar-refractivity contribution in [1.29, 1.82) is 0 Å². The molecule has 2 aromatic heterocycles. The van der Waals surface area contributed by atoms with Gasteiger partial charge in [-0.1, -0.05) is 50.3 Å². The molecule has 4 heterocycles. The quantitative estimate of drug-likeness (QED) is 0.0198. The van der Waals surface area contributed by atoms with Crippen molar-refractivity contribution in [3.05, 3.63) is 95.2 Å². The maximum atomic E-state index is 16.1. The van der Waals surface area contributed by atoms with Crippen molar-refractivity contribution in [2.24, 2.45) is 5.92 Å². The smallest absolute Gasteiger partial charge is 0.484 e. The summed E-state index contributed by atoms with van der Waals surface area (Å²) in [5.74, 6) is -4.71. The Morgan fingerprint density at radius 2 is 1.26 bits per heavy atom. The second-order valence-corrected chi connectivity index (χ2v) is 20.6. The number of H-pyrrole nitrogens is 1. The zero-order valence-electron chi connectivity index (χ0n) is 45.9. The molecule has 0 bridgehead atoms. The highest BCUT2D eigenvalue weighted by Gasteiger charge is 2.52. The number of benzene rings is 1. The normalized spacial score (nSPS) is 14.3. The molecule has 3 atom stereocenters. The van der Waals surface area contributed by atoms with E-state index in [0.29, 0.717) is 131 Å². The number of carbonyl (C=O) groups is 9. The Bertz CT molecular complexity index is 2790. The first-order valence-electron chi connectivity index (χ1n) is 28.0. The second-order valence-electron chi connectivity index (χ2n) is 20.6. The van der Waals surface area contributed by atoms with Gasteiger partial charge in [0.1, 0.15) is 40.9 Å². The summed E-state index contributed by atoms with van der Waals surface area (Å²) in [4.78, 5) is 111. The molecule has 3 aromatic rings. The summed E-state index contributed by atoms with van der Waals surface area (Å²) < 4.78 is 40.0. The minimum absolute atomic E-state index is 0.0422. The number of nitrogens with one attached hydrogen (secondary N) is 5. The van der Waals surface area contributed by atoms with Crippen molar-refractivity contribution >= 4 is 84.0 Å². The number of allylic oxidation sites excluding steroid dienone is 2. The number of rotatable bonds is 40. The number of hydrogen-bond donors (Lipinski definition) is 8. The van der Waals surface area contributed by atoms with Crippen molar-refractivity contribution in [2.75, 3.05) is 19.7 Å². The number of aromatic nitrogens is 2. The number of ketones is 3. The highest BCUT2D eigenvalue weighted by molar-refractivity contribution is 6.58. The predicted octanol–water partition coefficient (Wildman–Crippen LogP) is 8.07. The number of aromatic amines is 1. The maximum absolute atomic E-state index is 16.1.